The maximum atomic E-state index is 8.41. The van der Waals surface area contributed by atoms with E-state index in [0.717, 1.165) is 12.1 Å². The number of benzene rings is 1. The van der Waals surface area contributed by atoms with E-state index in [2.05, 4.69) is 60.7 Å². The highest BCUT2D eigenvalue weighted by atomic mass is 127. The van der Waals surface area contributed by atoms with Gasteiger partial charge in [-0.2, -0.15) is 0 Å². The van der Waals surface area contributed by atoms with E-state index in [1.165, 1.54) is 28.4 Å². The Morgan fingerprint density at radius 3 is 2.29 bits per heavy atom. The molecule has 0 unspecified atom stereocenters. The molecule has 0 aliphatic heterocycles. The van der Waals surface area contributed by atoms with Crippen LogP contribution in [-0.2, 0) is 5.41 Å². The summed E-state index contributed by atoms with van der Waals surface area (Å²) >= 11 is 2.34. The van der Waals surface area contributed by atoms with Crippen LogP contribution in [0.1, 0.15) is 45.1 Å². The predicted molar refractivity (Wildman–Crippen MR) is 81.9 cm³/mol. The molecule has 2 heteroatoms. The van der Waals surface area contributed by atoms with Gasteiger partial charge in [-0.15, -0.1) is 0 Å². The highest BCUT2D eigenvalue weighted by Gasteiger charge is 2.42. The van der Waals surface area contributed by atoms with Crippen LogP contribution in [-0.4, -0.2) is 5.71 Å². The Balaban J connectivity index is 2.25. The molecule has 1 aromatic carbocycles. The summed E-state index contributed by atoms with van der Waals surface area (Å²) in [7, 11) is 0. The second-order valence-corrected chi connectivity index (χ2v) is 6.76. The summed E-state index contributed by atoms with van der Waals surface area (Å²) in [4.78, 5) is 0. The van der Waals surface area contributed by atoms with Gasteiger partial charge in [-0.05, 0) is 65.5 Å². The normalized spacial score (nSPS) is 17.9. The third-order valence-electron chi connectivity index (χ3n) is 3.79. The Morgan fingerprint density at radius 2 is 1.88 bits per heavy atom. The zero-order valence-electron chi connectivity index (χ0n) is 10.6. The van der Waals surface area contributed by atoms with Crippen LogP contribution in [0.4, 0.5) is 0 Å². The minimum atomic E-state index is 0.0780. The summed E-state index contributed by atoms with van der Waals surface area (Å²) in [6.07, 6.45) is 4.54. The van der Waals surface area contributed by atoms with Crippen molar-refractivity contribution >= 4 is 28.3 Å². The molecule has 1 saturated carbocycles. The molecule has 0 aromatic heterocycles. The summed E-state index contributed by atoms with van der Waals surface area (Å²) in [6, 6.07) is 8.77. The van der Waals surface area contributed by atoms with E-state index in [0.29, 0.717) is 5.92 Å². The first kappa shape index (κ1) is 13.1. The van der Waals surface area contributed by atoms with Gasteiger partial charge >= 0.3 is 0 Å². The van der Waals surface area contributed by atoms with E-state index in [-0.39, 0.29) is 5.41 Å². The van der Waals surface area contributed by atoms with E-state index in [4.69, 9.17) is 5.41 Å². The van der Waals surface area contributed by atoms with Crippen LogP contribution in [0.3, 0.4) is 0 Å². The van der Waals surface area contributed by atoms with Crippen LogP contribution in [0.2, 0.25) is 0 Å². The van der Waals surface area contributed by atoms with Crippen molar-refractivity contribution in [1.29, 1.82) is 5.41 Å². The topological polar surface area (TPSA) is 23.9 Å². The summed E-state index contributed by atoms with van der Waals surface area (Å²) in [6.45, 7) is 4.41. The van der Waals surface area contributed by atoms with Crippen molar-refractivity contribution in [2.24, 2.45) is 5.92 Å². The molecule has 1 aliphatic rings. The number of rotatable bonds is 4. The first-order valence-corrected chi connectivity index (χ1v) is 7.46. The lowest BCUT2D eigenvalue weighted by molar-refractivity contribution is 0.331. The molecule has 0 amide bonds. The predicted octanol–water partition coefficient (Wildman–Crippen LogP) is 4.78. The Morgan fingerprint density at radius 1 is 1.29 bits per heavy atom. The maximum absolute atomic E-state index is 8.41. The fraction of sp³-hybridized carbons (Fsp3) is 0.533. The van der Waals surface area contributed by atoms with Crippen molar-refractivity contribution in [3.8, 4) is 0 Å². The largest absolute Gasteiger partial charge is 0.309 e. The fourth-order valence-electron chi connectivity index (χ4n) is 2.67. The van der Waals surface area contributed by atoms with Gasteiger partial charge in [0.25, 0.3) is 0 Å². The van der Waals surface area contributed by atoms with Crippen molar-refractivity contribution in [2.75, 3.05) is 0 Å². The molecule has 0 atom stereocenters. The van der Waals surface area contributed by atoms with E-state index >= 15 is 0 Å². The van der Waals surface area contributed by atoms with Crippen LogP contribution < -0.4 is 0 Å². The standard InChI is InChI=1S/C15H20IN/c1-11(2)10-14(17)15(8-3-9-15)12-4-6-13(16)7-5-12/h4-7,11,17H,3,8-10H2,1-2H3. The summed E-state index contributed by atoms with van der Waals surface area (Å²) in [5.41, 5.74) is 2.38. The van der Waals surface area contributed by atoms with E-state index in [9.17, 15) is 0 Å². The van der Waals surface area contributed by atoms with E-state index < -0.39 is 0 Å². The Bertz CT molecular complexity index is 401. The second-order valence-electron chi connectivity index (χ2n) is 5.52. The van der Waals surface area contributed by atoms with Crippen LogP contribution >= 0.6 is 22.6 Å². The molecule has 92 valence electrons. The lowest BCUT2D eigenvalue weighted by atomic mass is 9.60. The van der Waals surface area contributed by atoms with Crippen molar-refractivity contribution in [2.45, 2.75) is 44.9 Å². The average molecular weight is 341 g/mol. The molecular weight excluding hydrogens is 321 g/mol. The lowest BCUT2D eigenvalue weighted by Gasteiger charge is -2.43. The number of hydrogen-bond donors (Lipinski definition) is 1. The number of halogens is 1. The van der Waals surface area contributed by atoms with Gasteiger partial charge in [-0.25, -0.2) is 0 Å². The van der Waals surface area contributed by atoms with Gasteiger partial charge in [-0.1, -0.05) is 32.4 Å². The molecule has 0 radical (unpaired) electrons. The molecule has 2 rings (SSSR count). The average Bonchev–Trinajstić information content (AvgIpc) is 2.18. The van der Waals surface area contributed by atoms with E-state index in [1.54, 1.807) is 0 Å². The molecule has 0 spiro atoms. The lowest BCUT2D eigenvalue weighted by Crippen LogP contribution is -2.42. The number of nitrogens with one attached hydrogen (secondary N) is 1. The smallest absolute Gasteiger partial charge is 0.0329 e. The van der Waals surface area contributed by atoms with Crippen molar-refractivity contribution in [3.63, 3.8) is 0 Å². The highest BCUT2D eigenvalue weighted by Crippen LogP contribution is 2.45. The summed E-state index contributed by atoms with van der Waals surface area (Å²) < 4.78 is 1.27. The summed E-state index contributed by atoms with van der Waals surface area (Å²) in [5, 5.41) is 8.41. The van der Waals surface area contributed by atoms with Crippen LogP contribution in [0.5, 0.6) is 0 Å². The third kappa shape index (κ3) is 2.56. The van der Waals surface area contributed by atoms with Crippen LogP contribution in [0.15, 0.2) is 24.3 Å². The molecule has 17 heavy (non-hydrogen) atoms. The minimum absolute atomic E-state index is 0.0780. The van der Waals surface area contributed by atoms with E-state index in [1.807, 2.05) is 0 Å². The monoisotopic (exact) mass is 341 g/mol. The fourth-order valence-corrected chi connectivity index (χ4v) is 3.03. The quantitative estimate of drug-likeness (QED) is 0.602. The molecular formula is C15H20IN. The Hall–Kier alpha value is -0.380. The van der Waals surface area contributed by atoms with Gasteiger partial charge in [-0.3, -0.25) is 0 Å². The van der Waals surface area contributed by atoms with Gasteiger partial charge in [0, 0.05) is 14.7 Å². The highest BCUT2D eigenvalue weighted by molar-refractivity contribution is 14.1. The van der Waals surface area contributed by atoms with Crippen molar-refractivity contribution in [1.82, 2.24) is 0 Å². The molecule has 1 fully saturated rings. The van der Waals surface area contributed by atoms with Gasteiger partial charge in [0.2, 0.25) is 0 Å². The second kappa shape index (κ2) is 5.09. The first-order valence-electron chi connectivity index (χ1n) is 6.38. The number of hydrogen-bond acceptors (Lipinski definition) is 1. The minimum Gasteiger partial charge on any atom is -0.309 e. The molecule has 1 aliphatic carbocycles. The SMILES string of the molecule is CC(C)CC(=N)C1(c2ccc(I)cc2)CCC1. The zero-order valence-corrected chi connectivity index (χ0v) is 12.8. The molecule has 0 saturated heterocycles. The van der Waals surface area contributed by atoms with Gasteiger partial charge < -0.3 is 5.41 Å². The third-order valence-corrected chi connectivity index (χ3v) is 4.51. The zero-order chi connectivity index (χ0) is 12.5. The molecule has 1 nitrogen and oxygen atoms in total. The Labute approximate surface area is 118 Å². The van der Waals surface area contributed by atoms with Gasteiger partial charge in [0.15, 0.2) is 0 Å². The summed E-state index contributed by atoms with van der Waals surface area (Å²) in [5.74, 6) is 0.587. The first-order chi connectivity index (χ1) is 8.04. The van der Waals surface area contributed by atoms with Crippen molar-refractivity contribution < 1.29 is 0 Å². The molecule has 1 aromatic rings. The van der Waals surface area contributed by atoms with Crippen molar-refractivity contribution in [3.05, 3.63) is 33.4 Å². The maximum Gasteiger partial charge on any atom is 0.0329 e. The molecule has 0 heterocycles. The van der Waals surface area contributed by atoms with Crippen LogP contribution in [0, 0.1) is 14.9 Å². The molecule has 0 bridgehead atoms. The Kier molecular flexibility index (Phi) is 3.91. The van der Waals surface area contributed by atoms with Gasteiger partial charge in [0.1, 0.15) is 0 Å². The van der Waals surface area contributed by atoms with Crippen LogP contribution in [0.25, 0.3) is 0 Å². The van der Waals surface area contributed by atoms with Gasteiger partial charge in [0.05, 0.1) is 0 Å². The molecule has 1 N–H and O–H groups in total.